The lowest BCUT2D eigenvalue weighted by Crippen LogP contribution is -2.24. The predicted molar refractivity (Wildman–Crippen MR) is 82.1 cm³/mol. The first-order valence-electron chi connectivity index (χ1n) is 6.81. The minimum atomic E-state index is -0.427. The van der Waals surface area contributed by atoms with Crippen LogP contribution < -0.4 is 0 Å². The van der Waals surface area contributed by atoms with Gasteiger partial charge in [-0.2, -0.15) is 10.1 Å². The standard InChI is InChI=1S/C17H14N2O3/c1-10-7-12(8-11(2)15(10)20)9-18-19-16(21)13-5-3-4-6-14(13)17(19)22/h3-9,20H,1-2H3/b18-9+. The Morgan fingerprint density at radius 3 is 2.00 bits per heavy atom. The van der Waals surface area contributed by atoms with Crippen LogP contribution in [0.2, 0.25) is 0 Å². The van der Waals surface area contributed by atoms with E-state index in [1.165, 1.54) is 6.21 Å². The molecule has 0 spiro atoms. The molecule has 1 N–H and O–H groups in total. The second-order valence-electron chi connectivity index (χ2n) is 5.22. The summed E-state index contributed by atoms with van der Waals surface area (Å²) in [5.74, 6) is -0.619. The Balaban J connectivity index is 1.92. The summed E-state index contributed by atoms with van der Waals surface area (Å²) in [6, 6.07) is 10.1. The number of hydrogen-bond acceptors (Lipinski definition) is 4. The van der Waals surface area contributed by atoms with Gasteiger partial charge in [-0.1, -0.05) is 12.1 Å². The van der Waals surface area contributed by atoms with E-state index in [0.717, 1.165) is 5.01 Å². The number of benzene rings is 2. The molecule has 5 nitrogen and oxygen atoms in total. The summed E-state index contributed by atoms with van der Waals surface area (Å²) < 4.78 is 0. The number of aryl methyl sites for hydroxylation is 2. The molecule has 5 heteroatoms. The first-order valence-corrected chi connectivity index (χ1v) is 6.81. The van der Waals surface area contributed by atoms with E-state index in [0.29, 0.717) is 27.8 Å². The maximum atomic E-state index is 12.2. The molecule has 0 saturated heterocycles. The number of nitrogens with zero attached hydrogens (tertiary/aromatic N) is 2. The summed E-state index contributed by atoms with van der Waals surface area (Å²) >= 11 is 0. The lowest BCUT2D eigenvalue weighted by molar-refractivity contribution is 0.0660. The number of hydrogen-bond donors (Lipinski definition) is 1. The van der Waals surface area contributed by atoms with Crippen LogP contribution in [0.1, 0.15) is 37.4 Å². The second kappa shape index (κ2) is 5.11. The quantitative estimate of drug-likeness (QED) is 0.683. The van der Waals surface area contributed by atoms with E-state index in [4.69, 9.17) is 0 Å². The summed E-state index contributed by atoms with van der Waals surface area (Å²) in [4.78, 5) is 24.3. The highest BCUT2D eigenvalue weighted by molar-refractivity contribution is 6.21. The zero-order chi connectivity index (χ0) is 15.9. The first-order chi connectivity index (χ1) is 10.5. The van der Waals surface area contributed by atoms with Gasteiger partial charge in [0.05, 0.1) is 17.3 Å². The fraction of sp³-hybridized carbons (Fsp3) is 0.118. The molecule has 0 aromatic heterocycles. The molecule has 2 aromatic rings. The van der Waals surface area contributed by atoms with Gasteiger partial charge in [-0.15, -0.1) is 0 Å². The van der Waals surface area contributed by atoms with Gasteiger partial charge in [0.25, 0.3) is 11.8 Å². The van der Waals surface area contributed by atoms with Crippen molar-refractivity contribution in [2.24, 2.45) is 5.10 Å². The highest BCUT2D eigenvalue weighted by Crippen LogP contribution is 2.24. The van der Waals surface area contributed by atoms with Crippen molar-refractivity contribution in [3.63, 3.8) is 0 Å². The minimum Gasteiger partial charge on any atom is -0.507 e. The van der Waals surface area contributed by atoms with Crippen LogP contribution in [0, 0.1) is 13.8 Å². The third-order valence-corrected chi connectivity index (χ3v) is 3.61. The van der Waals surface area contributed by atoms with Crippen LogP contribution in [-0.4, -0.2) is 28.1 Å². The maximum absolute atomic E-state index is 12.2. The van der Waals surface area contributed by atoms with Crippen molar-refractivity contribution in [1.29, 1.82) is 0 Å². The van der Waals surface area contributed by atoms with E-state index in [-0.39, 0.29) is 5.75 Å². The summed E-state index contributed by atoms with van der Waals surface area (Å²) in [7, 11) is 0. The molecular weight excluding hydrogens is 280 g/mol. The fourth-order valence-corrected chi connectivity index (χ4v) is 2.47. The van der Waals surface area contributed by atoms with Crippen LogP contribution in [0.3, 0.4) is 0 Å². The number of phenolic OH excluding ortho intramolecular Hbond substituents is 1. The van der Waals surface area contributed by atoms with Gasteiger partial charge in [-0.05, 0) is 54.8 Å². The highest BCUT2D eigenvalue weighted by Gasteiger charge is 2.35. The van der Waals surface area contributed by atoms with Crippen molar-refractivity contribution in [3.05, 3.63) is 64.2 Å². The molecule has 1 aliphatic rings. The van der Waals surface area contributed by atoms with Crippen LogP contribution in [0.4, 0.5) is 0 Å². The van der Waals surface area contributed by atoms with Crippen molar-refractivity contribution in [3.8, 4) is 5.75 Å². The molecule has 22 heavy (non-hydrogen) atoms. The van der Waals surface area contributed by atoms with Crippen molar-refractivity contribution < 1.29 is 14.7 Å². The Morgan fingerprint density at radius 1 is 1.00 bits per heavy atom. The number of phenols is 1. The van der Waals surface area contributed by atoms with Gasteiger partial charge >= 0.3 is 0 Å². The number of aromatic hydroxyl groups is 1. The minimum absolute atomic E-state index is 0.234. The van der Waals surface area contributed by atoms with Gasteiger partial charge in [-0.3, -0.25) is 9.59 Å². The van der Waals surface area contributed by atoms with Gasteiger partial charge in [0.15, 0.2) is 0 Å². The SMILES string of the molecule is Cc1cc(/C=N/N2C(=O)c3ccccc3C2=O)cc(C)c1O. The average Bonchev–Trinajstić information content (AvgIpc) is 2.75. The Morgan fingerprint density at radius 2 is 1.50 bits per heavy atom. The third kappa shape index (κ3) is 2.16. The third-order valence-electron chi connectivity index (χ3n) is 3.61. The fourth-order valence-electron chi connectivity index (χ4n) is 2.47. The smallest absolute Gasteiger partial charge is 0.282 e. The highest BCUT2D eigenvalue weighted by atomic mass is 16.3. The molecule has 0 radical (unpaired) electrons. The number of carbonyl (C=O) groups excluding carboxylic acids is 2. The Bertz CT molecular complexity index is 766. The van der Waals surface area contributed by atoms with Crippen molar-refractivity contribution in [2.45, 2.75) is 13.8 Å². The van der Waals surface area contributed by atoms with Crippen molar-refractivity contribution >= 4 is 18.0 Å². The topological polar surface area (TPSA) is 70.0 Å². The number of carbonyl (C=O) groups is 2. The van der Waals surface area contributed by atoms with Crippen LogP contribution in [0.25, 0.3) is 0 Å². The number of hydrazone groups is 1. The van der Waals surface area contributed by atoms with Crippen molar-refractivity contribution in [1.82, 2.24) is 5.01 Å². The van der Waals surface area contributed by atoms with E-state index < -0.39 is 11.8 Å². The van der Waals surface area contributed by atoms with Gasteiger partial charge in [-0.25, -0.2) is 0 Å². The number of fused-ring (bicyclic) bond motifs is 1. The molecule has 3 rings (SSSR count). The van der Waals surface area contributed by atoms with Crippen LogP contribution in [0.15, 0.2) is 41.5 Å². The molecule has 0 saturated carbocycles. The predicted octanol–water partition coefficient (Wildman–Crippen LogP) is 2.64. The Hall–Kier alpha value is -2.95. The molecule has 0 unspecified atom stereocenters. The molecular formula is C17H14N2O3. The summed E-state index contributed by atoms with van der Waals surface area (Å²) in [6.07, 6.45) is 1.45. The molecule has 2 aromatic carbocycles. The molecule has 2 amide bonds. The number of imide groups is 1. The molecule has 1 aliphatic heterocycles. The largest absolute Gasteiger partial charge is 0.507 e. The zero-order valence-corrected chi connectivity index (χ0v) is 12.2. The lowest BCUT2D eigenvalue weighted by atomic mass is 10.1. The molecule has 0 aliphatic carbocycles. The summed E-state index contributed by atoms with van der Waals surface area (Å²) in [5.41, 5.74) is 2.86. The average molecular weight is 294 g/mol. The van der Waals surface area contributed by atoms with Gasteiger partial charge < -0.3 is 5.11 Å². The van der Waals surface area contributed by atoms with Gasteiger partial charge in [0.1, 0.15) is 5.75 Å². The van der Waals surface area contributed by atoms with Gasteiger partial charge in [0, 0.05) is 0 Å². The maximum Gasteiger partial charge on any atom is 0.282 e. The van der Waals surface area contributed by atoms with Gasteiger partial charge in [0.2, 0.25) is 0 Å². The second-order valence-corrected chi connectivity index (χ2v) is 5.22. The van der Waals surface area contributed by atoms with E-state index in [2.05, 4.69) is 5.10 Å². The van der Waals surface area contributed by atoms with E-state index >= 15 is 0 Å². The normalized spacial score (nSPS) is 14.0. The van der Waals surface area contributed by atoms with E-state index in [9.17, 15) is 14.7 Å². The molecule has 0 atom stereocenters. The molecule has 0 bridgehead atoms. The molecule has 0 fully saturated rings. The number of amides is 2. The first kappa shape index (κ1) is 14.0. The Labute approximate surface area is 127 Å². The summed E-state index contributed by atoms with van der Waals surface area (Å²) in [5, 5.41) is 14.6. The van der Waals surface area contributed by atoms with E-state index in [1.54, 1.807) is 50.2 Å². The molecule has 110 valence electrons. The summed E-state index contributed by atoms with van der Waals surface area (Å²) in [6.45, 7) is 3.56. The zero-order valence-electron chi connectivity index (χ0n) is 12.2. The van der Waals surface area contributed by atoms with Crippen molar-refractivity contribution in [2.75, 3.05) is 0 Å². The van der Waals surface area contributed by atoms with E-state index in [1.807, 2.05) is 0 Å². The lowest BCUT2D eigenvalue weighted by Gasteiger charge is -2.07. The monoisotopic (exact) mass is 294 g/mol. The van der Waals surface area contributed by atoms with Crippen LogP contribution in [0.5, 0.6) is 5.75 Å². The van der Waals surface area contributed by atoms with Crippen LogP contribution >= 0.6 is 0 Å². The molecule has 1 heterocycles. The van der Waals surface area contributed by atoms with Crippen LogP contribution in [-0.2, 0) is 0 Å². The number of rotatable bonds is 2. The Kier molecular flexibility index (Phi) is 3.25.